The first kappa shape index (κ1) is 21.8. The molecule has 2 fully saturated rings. The summed E-state index contributed by atoms with van der Waals surface area (Å²) in [7, 11) is -3.48. The van der Waals surface area contributed by atoms with Crippen molar-refractivity contribution in [3.05, 3.63) is 33.8 Å². The minimum atomic E-state index is -3.48. The predicted octanol–water partition coefficient (Wildman–Crippen LogP) is 2.70. The van der Waals surface area contributed by atoms with Crippen molar-refractivity contribution in [2.45, 2.75) is 25.5 Å². The van der Waals surface area contributed by atoms with Gasteiger partial charge in [-0.2, -0.15) is 0 Å². The Morgan fingerprint density at radius 1 is 1.07 bits per heavy atom. The Kier molecular flexibility index (Phi) is 7.26. The highest BCUT2D eigenvalue weighted by Gasteiger charge is 2.34. The quantitative estimate of drug-likeness (QED) is 0.695. The van der Waals surface area contributed by atoms with Crippen LogP contribution in [0.15, 0.2) is 18.2 Å². The molecule has 2 heterocycles. The van der Waals surface area contributed by atoms with Crippen LogP contribution in [0.25, 0.3) is 0 Å². The van der Waals surface area contributed by atoms with E-state index in [1.807, 2.05) is 4.90 Å². The minimum Gasteiger partial charge on any atom is -0.340 e. The van der Waals surface area contributed by atoms with Crippen molar-refractivity contribution in [3.8, 4) is 0 Å². The molecule has 1 aromatic rings. The zero-order chi connectivity index (χ0) is 20.3. The van der Waals surface area contributed by atoms with Crippen LogP contribution in [-0.4, -0.2) is 74.2 Å². The number of sulfonamides is 1. The van der Waals surface area contributed by atoms with Crippen LogP contribution in [0, 0.1) is 5.92 Å². The molecular weight excluding hydrogens is 421 g/mol. The normalized spacial score (nSPS) is 20.5. The SMILES string of the molecule is CCN1CCN(C(=O)C2CCN(S(=O)(=O)Cc3ccc(Cl)cc3Cl)CC2)CC1. The van der Waals surface area contributed by atoms with Gasteiger partial charge in [-0.3, -0.25) is 4.79 Å². The van der Waals surface area contributed by atoms with E-state index < -0.39 is 10.0 Å². The molecule has 2 aliphatic heterocycles. The second kappa shape index (κ2) is 9.30. The molecule has 0 atom stereocenters. The van der Waals surface area contributed by atoms with E-state index in [0.717, 1.165) is 32.7 Å². The average molecular weight is 448 g/mol. The molecule has 2 saturated heterocycles. The third kappa shape index (κ3) is 5.19. The van der Waals surface area contributed by atoms with Gasteiger partial charge in [-0.05, 0) is 37.1 Å². The van der Waals surface area contributed by atoms with Crippen molar-refractivity contribution >= 4 is 39.1 Å². The molecule has 1 amide bonds. The van der Waals surface area contributed by atoms with E-state index in [2.05, 4.69) is 11.8 Å². The van der Waals surface area contributed by atoms with Gasteiger partial charge in [0.05, 0.1) is 5.75 Å². The van der Waals surface area contributed by atoms with E-state index in [1.54, 1.807) is 18.2 Å². The lowest BCUT2D eigenvalue weighted by atomic mass is 9.96. The molecule has 6 nitrogen and oxygen atoms in total. The van der Waals surface area contributed by atoms with Gasteiger partial charge < -0.3 is 9.80 Å². The van der Waals surface area contributed by atoms with Gasteiger partial charge in [-0.1, -0.05) is 36.2 Å². The Labute approximate surface area is 177 Å². The molecule has 0 aromatic heterocycles. The largest absolute Gasteiger partial charge is 0.340 e. The Balaban J connectivity index is 1.55. The second-order valence-electron chi connectivity index (χ2n) is 7.42. The van der Waals surface area contributed by atoms with Crippen LogP contribution in [-0.2, 0) is 20.6 Å². The smallest absolute Gasteiger partial charge is 0.225 e. The van der Waals surface area contributed by atoms with Gasteiger partial charge in [-0.25, -0.2) is 12.7 Å². The Hall–Kier alpha value is -0.860. The Morgan fingerprint density at radius 2 is 1.71 bits per heavy atom. The summed E-state index contributed by atoms with van der Waals surface area (Å²) in [6.45, 7) is 7.24. The molecule has 0 aliphatic carbocycles. The van der Waals surface area contributed by atoms with Crippen LogP contribution in [0.4, 0.5) is 0 Å². The highest BCUT2D eigenvalue weighted by Crippen LogP contribution is 2.27. The highest BCUT2D eigenvalue weighted by atomic mass is 35.5. The minimum absolute atomic E-state index is 0.0845. The number of amides is 1. The third-order valence-corrected chi connectivity index (χ3v) is 8.10. The van der Waals surface area contributed by atoms with Crippen LogP contribution in [0.2, 0.25) is 10.0 Å². The molecule has 9 heteroatoms. The van der Waals surface area contributed by atoms with Gasteiger partial charge in [0, 0.05) is 55.2 Å². The average Bonchev–Trinajstić information content (AvgIpc) is 2.70. The summed E-state index contributed by atoms with van der Waals surface area (Å²) in [4.78, 5) is 17.1. The molecule has 2 aliphatic rings. The zero-order valence-corrected chi connectivity index (χ0v) is 18.4. The molecular formula is C19H27Cl2N3O3S. The number of carbonyl (C=O) groups excluding carboxylic acids is 1. The van der Waals surface area contributed by atoms with Crippen molar-refractivity contribution in [2.75, 3.05) is 45.8 Å². The number of hydrogen-bond donors (Lipinski definition) is 0. The summed E-state index contributed by atoms with van der Waals surface area (Å²) in [5.74, 6) is -0.0621. The number of piperazine rings is 1. The fraction of sp³-hybridized carbons (Fsp3) is 0.632. The Morgan fingerprint density at radius 3 is 2.29 bits per heavy atom. The monoisotopic (exact) mass is 447 g/mol. The molecule has 0 spiro atoms. The predicted molar refractivity (Wildman–Crippen MR) is 112 cm³/mol. The lowest BCUT2D eigenvalue weighted by Gasteiger charge is -2.38. The molecule has 0 unspecified atom stereocenters. The lowest BCUT2D eigenvalue weighted by molar-refractivity contribution is -0.138. The summed E-state index contributed by atoms with van der Waals surface area (Å²) in [5, 5.41) is 0.831. The number of halogens is 2. The summed E-state index contributed by atoms with van der Waals surface area (Å²) >= 11 is 12.0. The number of nitrogens with zero attached hydrogens (tertiary/aromatic N) is 3. The van der Waals surface area contributed by atoms with Crippen LogP contribution in [0.3, 0.4) is 0 Å². The number of carbonyl (C=O) groups is 1. The standard InChI is InChI=1S/C19H27Cl2N3O3S/c1-2-22-9-11-23(12-10-22)19(25)15-5-7-24(8-6-15)28(26,27)14-16-3-4-17(20)13-18(16)21/h3-4,13,15H,2,5-12,14H2,1H3. The van der Waals surface area contributed by atoms with E-state index >= 15 is 0 Å². The van der Waals surface area contributed by atoms with Crippen molar-refractivity contribution in [2.24, 2.45) is 5.92 Å². The molecule has 0 saturated carbocycles. The van der Waals surface area contributed by atoms with E-state index in [9.17, 15) is 13.2 Å². The number of piperidine rings is 1. The summed E-state index contributed by atoms with van der Waals surface area (Å²) in [6, 6.07) is 4.84. The van der Waals surface area contributed by atoms with Crippen LogP contribution in [0.1, 0.15) is 25.3 Å². The van der Waals surface area contributed by atoms with E-state index in [4.69, 9.17) is 23.2 Å². The maximum absolute atomic E-state index is 12.8. The van der Waals surface area contributed by atoms with Gasteiger partial charge in [0.15, 0.2) is 0 Å². The van der Waals surface area contributed by atoms with Crippen LogP contribution >= 0.6 is 23.2 Å². The zero-order valence-electron chi connectivity index (χ0n) is 16.1. The maximum Gasteiger partial charge on any atom is 0.225 e. The fourth-order valence-corrected chi connectivity index (χ4v) is 6.00. The van der Waals surface area contributed by atoms with Gasteiger partial charge >= 0.3 is 0 Å². The maximum atomic E-state index is 12.8. The first-order valence-electron chi connectivity index (χ1n) is 9.73. The summed E-state index contributed by atoms with van der Waals surface area (Å²) in [5.41, 5.74) is 0.540. The summed E-state index contributed by atoms with van der Waals surface area (Å²) in [6.07, 6.45) is 1.14. The van der Waals surface area contributed by atoms with Gasteiger partial charge in [-0.15, -0.1) is 0 Å². The van der Waals surface area contributed by atoms with Crippen LogP contribution in [0.5, 0.6) is 0 Å². The summed E-state index contributed by atoms with van der Waals surface area (Å²) < 4.78 is 27.0. The number of likely N-dealkylation sites (N-methyl/N-ethyl adjacent to an activating group) is 1. The topological polar surface area (TPSA) is 60.9 Å². The number of rotatable bonds is 5. The van der Waals surface area contributed by atoms with Gasteiger partial charge in [0.1, 0.15) is 0 Å². The third-order valence-electron chi connectivity index (χ3n) is 5.68. The van der Waals surface area contributed by atoms with Crippen molar-refractivity contribution in [3.63, 3.8) is 0 Å². The second-order valence-corrected chi connectivity index (χ2v) is 10.2. The molecule has 3 rings (SSSR count). The van der Waals surface area contributed by atoms with E-state index in [0.29, 0.717) is 41.5 Å². The fourth-order valence-electron chi connectivity index (χ4n) is 3.85. The van der Waals surface area contributed by atoms with Crippen molar-refractivity contribution in [1.29, 1.82) is 0 Å². The molecule has 28 heavy (non-hydrogen) atoms. The van der Waals surface area contributed by atoms with Crippen LogP contribution < -0.4 is 0 Å². The van der Waals surface area contributed by atoms with E-state index in [-0.39, 0.29) is 17.6 Å². The van der Waals surface area contributed by atoms with E-state index in [1.165, 1.54) is 4.31 Å². The first-order valence-corrected chi connectivity index (χ1v) is 12.1. The molecule has 1 aromatic carbocycles. The molecule has 0 radical (unpaired) electrons. The van der Waals surface area contributed by atoms with Gasteiger partial charge in [0.25, 0.3) is 0 Å². The van der Waals surface area contributed by atoms with Crippen molar-refractivity contribution < 1.29 is 13.2 Å². The molecule has 156 valence electrons. The molecule has 0 bridgehead atoms. The van der Waals surface area contributed by atoms with Gasteiger partial charge in [0.2, 0.25) is 15.9 Å². The Bertz CT molecular complexity index is 803. The number of hydrogen-bond acceptors (Lipinski definition) is 4. The number of benzene rings is 1. The lowest BCUT2D eigenvalue weighted by Crippen LogP contribution is -2.51. The van der Waals surface area contributed by atoms with Crippen molar-refractivity contribution in [1.82, 2.24) is 14.1 Å². The highest BCUT2D eigenvalue weighted by molar-refractivity contribution is 7.88. The first-order chi connectivity index (χ1) is 13.3. The molecule has 0 N–H and O–H groups in total.